The number of fused-ring (bicyclic) bond motifs is 1. The van der Waals surface area contributed by atoms with Crippen LogP contribution in [0.15, 0.2) is 54.7 Å². The molecule has 3 heterocycles. The molecule has 0 radical (unpaired) electrons. The van der Waals surface area contributed by atoms with Crippen molar-refractivity contribution in [1.82, 2.24) is 9.97 Å². The first-order valence-corrected chi connectivity index (χ1v) is 11.2. The maximum Gasteiger partial charge on any atom is 0.225 e. The number of aryl methyl sites for hydroxylation is 1. The maximum absolute atomic E-state index is 5.90. The molecule has 0 atom stereocenters. The zero-order chi connectivity index (χ0) is 21.6. The summed E-state index contributed by atoms with van der Waals surface area (Å²) in [5.74, 6) is 0.830. The normalized spacial score (nSPS) is 16.8. The van der Waals surface area contributed by atoms with Crippen molar-refractivity contribution in [3.05, 3.63) is 82.7 Å². The number of aromatic nitrogens is 2. The van der Waals surface area contributed by atoms with E-state index in [1.807, 2.05) is 6.20 Å². The number of hydrogen-bond donors (Lipinski definition) is 1. The van der Waals surface area contributed by atoms with Crippen molar-refractivity contribution in [3.63, 3.8) is 0 Å². The van der Waals surface area contributed by atoms with Gasteiger partial charge in [0.2, 0.25) is 5.95 Å². The fourth-order valence-corrected chi connectivity index (χ4v) is 4.58. The van der Waals surface area contributed by atoms with Crippen molar-refractivity contribution >= 4 is 11.6 Å². The number of benzene rings is 2. The molecule has 1 fully saturated rings. The Morgan fingerprint density at radius 3 is 2.23 bits per heavy atom. The third kappa shape index (κ3) is 3.79. The van der Waals surface area contributed by atoms with Crippen LogP contribution >= 0.6 is 0 Å². The molecule has 2 aromatic carbocycles. The van der Waals surface area contributed by atoms with Gasteiger partial charge < -0.3 is 15.5 Å². The first-order valence-electron chi connectivity index (χ1n) is 11.2. The molecule has 1 saturated heterocycles. The number of nitrogens with zero attached hydrogens (tertiary/aromatic N) is 4. The predicted molar refractivity (Wildman–Crippen MR) is 127 cm³/mol. The quantitative estimate of drug-likeness (QED) is 0.705. The lowest BCUT2D eigenvalue weighted by Crippen LogP contribution is -2.56. The van der Waals surface area contributed by atoms with Crippen LogP contribution in [0, 0.1) is 6.92 Å². The van der Waals surface area contributed by atoms with E-state index in [1.54, 1.807) is 0 Å². The first-order chi connectivity index (χ1) is 14.9. The Bertz CT molecular complexity index is 1070. The van der Waals surface area contributed by atoms with E-state index in [-0.39, 0.29) is 11.5 Å². The monoisotopic (exact) mass is 413 g/mol. The van der Waals surface area contributed by atoms with Gasteiger partial charge in [-0.3, -0.25) is 0 Å². The van der Waals surface area contributed by atoms with Crippen LogP contribution in [0.5, 0.6) is 0 Å². The van der Waals surface area contributed by atoms with Gasteiger partial charge in [0.05, 0.1) is 5.69 Å². The molecule has 5 nitrogen and oxygen atoms in total. The molecule has 2 aliphatic rings. The SMILES string of the molecule is Cc1ccc(C(C)(C)c2ccc(N3CCc4nc(N5CC(N)C5)ncc4C3)cc2)cc1. The van der Waals surface area contributed by atoms with Gasteiger partial charge in [0.25, 0.3) is 0 Å². The van der Waals surface area contributed by atoms with Crippen LogP contribution in [-0.2, 0) is 18.4 Å². The van der Waals surface area contributed by atoms with Crippen LogP contribution in [0.1, 0.15) is 41.8 Å². The van der Waals surface area contributed by atoms with Crippen LogP contribution < -0.4 is 15.5 Å². The Balaban J connectivity index is 1.31. The second kappa shape index (κ2) is 7.65. The minimum Gasteiger partial charge on any atom is -0.367 e. The van der Waals surface area contributed by atoms with Crippen molar-refractivity contribution in [2.75, 3.05) is 29.4 Å². The average molecular weight is 414 g/mol. The van der Waals surface area contributed by atoms with Gasteiger partial charge >= 0.3 is 0 Å². The van der Waals surface area contributed by atoms with E-state index in [4.69, 9.17) is 10.7 Å². The lowest BCUT2D eigenvalue weighted by molar-refractivity contribution is 0.506. The molecule has 5 heteroatoms. The van der Waals surface area contributed by atoms with Crippen molar-refractivity contribution in [3.8, 4) is 0 Å². The van der Waals surface area contributed by atoms with Gasteiger partial charge in [-0.25, -0.2) is 9.97 Å². The standard InChI is InChI=1S/C26H31N5/c1-18-4-6-20(7-5-18)26(2,3)21-8-10-23(11-9-21)30-13-12-24-19(15-30)14-28-25(29-24)31-16-22(27)17-31/h4-11,14,22H,12-13,15-17,27H2,1-3H3. The van der Waals surface area contributed by atoms with Crippen LogP contribution in [0.3, 0.4) is 0 Å². The Kier molecular flexibility index (Phi) is 4.94. The summed E-state index contributed by atoms with van der Waals surface area (Å²) in [6, 6.07) is 18.2. The molecule has 0 spiro atoms. The zero-order valence-electron chi connectivity index (χ0n) is 18.7. The molecular formula is C26H31N5. The fourth-order valence-electron chi connectivity index (χ4n) is 4.58. The molecule has 5 rings (SSSR count). The summed E-state index contributed by atoms with van der Waals surface area (Å²) in [6.07, 6.45) is 2.95. The van der Waals surface area contributed by atoms with Crippen molar-refractivity contribution < 1.29 is 0 Å². The molecule has 2 aliphatic heterocycles. The molecule has 0 unspecified atom stereocenters. The van der Waals surface area contributed by atoms with Gasteiger partial charge in [0.1, 0.15) is 0 Å². The van der Waals surface area contributed by atoms with Crippen LogP contribution in [0.25, 0.3) is 0 Å². The van der Waals surface area contributed by atoms with Gasteiger partial charge in [-0.05, 0) is 30.2 Å². The Morgan fingerprint density at radius 2 is 1.58 bits per heavy atom. The molecular weight excluding hydrogens is 382 g/mol. The highest BCUT2D eigenvalue weighted by Crippen LogP contribution is 2.33. The van der Waals surface area contributed by atoms with Gasteiger partial charge in [0.15, 0.2) is 0 Å². The van der Waals surface area contributed by atoms with E-state index in [9.17, 15) is 0 Å². The molecule has 0 aliphatic carbocycles. The molecule has 0 saturated carbocycles. The number of nitrogens with two attached hydrogens (primary N) is 1. The van der Waals surface area contributed by atoms with E-state index in [0.29, 0.717) is 0 Å². The summed E-state index contributed by atoms with van der Waals surface area (Å²) >= 11 is 0. The van der Waals surface area contributed by atoms with E-state index >= 15 is 0 Å². The number of rotatable bonds is 4. The predicted octanol–water partition coefficient (Wildman–Crippen LogP) is 3.82. The van der Waals surface area contributed by atoms with Gasteiger partial charge in [-0.1, -0.05) is 55.8 Å². The third-order valence-corrected chi connectivity index (χ3v) is 6.84. The van der Waals surface area contributed by atoms with E-state index in [0.717, 1.165) is 38.5 Å². The van der Waals surface area contributed by atoms with Gasteiger partial charge in [0, 0.05) is 61.5 Å². The van der Waals surface area contributed by atoms with Crippen molar-refractivity contribution in [1.29, 1.82) is 0 Å². The number of hydrogen-bond acceptors (Lipinski definition) is 5. The second-order valence-electron chi connectivity index (χ2n) is 9.52. The molecule has 2 N–H and O–H groups in total. The highest BCUT2D eigenvalue weighted by molar-refractivity contribution is 5.52. The van der Waals surface area contributed by atoms with Crippen LogP contribution in [0.2, 0.25) is 0 Å². The van der Waals surface area contributed by atoms with Crippen LogP contribution in [0.4, 0.5) is 11.6 Å². The minimum absolute atomic E-state index is 0.0234. The van der Waals surface area contributed by atoms with Crippen molar-refractivity contribution in [2.45, 2.75) is 45.2 Å². The molecule has 0 bridgehead atoms. The van der Waals surface area contributed by atoms with Gasteiger partial charge in [-0.2, -0.15) is 0 Å². The summed E-state index contributed by atoms with van der Waals surface area (Å²) in [7, 11) is 0. The maximum atomic E-state index is 5.90. The largest absolute Gasteiger partial charge is 0.367 e. The Labute approximate surface area is 184 Å². The highest BCUT2D eigenvalue weighted by Gasteiger charge is 2.27. The zero-order valence-corrected chi connectivity index (χ0v) is 18.7. The lowest BCUT2D eigenvalue weighted by atomic mass is 9.78. The fraction of sp³-hybridized carbons (Fsp3) is 0.385. The first kappa shape index (κ1) is 20.0. The summed E-state index contributed by atoms with van der Waals surface area (Å²) in [4.78, 5) is 14.0. The van der Waals surface area contributed by atoms with Crippen molar-refractivity contribution in [2.24, 2.45) is 5.73 Å². The molecule has 0 amide bonds. The lowest BCUT2D eigenvalue weighted by Gasteiger charge is -2.37. The van der Waals surface area contributed by atoms with Gasteiger partial charge in [-0.15, -0.1) is 0 Å². The van der Waals surface area contributed by atoms with E-state index in [2.05, 4.69) is 84.1 Å². The smallest absolute Gasteiger partial charge is 0.225 e. The minimum atomic E-state index is -0.0234. The molecule has 3 aromatic rings. The summed E-state index contributed by atoms with van der Waals surface area (Å²) in [6.45, 7) is 10.3. The Morgan fingerprint density at radius 1 is 0.935 bits per heavy atom. The summed E-state index contributed by atoms with van der Waals surface area (Å²) < 4.78 is 0. The molecule has 160 valence electrons. The van der Waals surface area contributed by atoms with E-state index in [1.165, 1.54) is 33.6 Å². The van der Waals surface area contributed by atoms with E-state index < -0.39 is 0 Å². The number of anilines is 2. The summed E-state index contributed by atoms with van der Waals surface area (Å²) in [5.41, 5.74) is 13.5. The Hall–Kier alpha value is -2.92. The highest BCUT2D eigenvalue weighted by atomic mass is 15.3. The third-order valence-electron chi connectivity index (χ3n) is 6.84. The second-order valence-corrected chi connectivity index (χ2v) is 9.52. The molecule has 1 aromatic heterocycles. The summed E-state index contributed by atoms with van der Waals surface area (Å²) in [5, 5.41) is 0. The molecule has 31 heavy (non-hydrogen) atoms. The average Bonchev–Trinajstić information content (AvgIpc) is 2.77. The topological polar surface area (TPSA) is 58.3 Å². The van der Waals surface area contributed by atoms with Crippen LogP contribution in [-0.4, -0.2) is 35.6 Å².